The highest BCUT2D eigenvalue weighted by Gasteiger charge is 2.60. The molecule has 108 valence electrons. The average Bonchev–Trinajstić information content (AvgIpc) is 2.25. The maximum atomic E-state index is 12.7. The van der Waals surface area contributed by atoms with E-state index < -0.39 is 5.54 Å². The van der Waals surface area contributed by atoms with Gasteiger partial charge in [0.05, 0.1) is 17.6 Å². The van der Waals surface area contributed by atoms with E-state index in [-0.39, 0.29) is 22.8 Å². The van der Waals surface area contributed by atoms with Crippen LogP contribution in [-0.2, 0) is 4.79 Å². The van der Waals surface area contributed by atoms with Crippen LogP contribution in [0.5, 0.6) is 0 Å². The summed E-state index contributed by atoms with van der Waals surface area (Å²) >= 11 is 6.74. The fraction of sp³-hybridized carbons (Fsp3) is 0.933. The molecule has 4 fully saturated rings. The fourth-order valence-corrected chi connectivity index (χ4v) is 5.59. The molecule has 0 aromatic rings. The van der Waals surface area contributed by atoms with E-state index in [1.54, 1.807) is 0 Å². The molecule has 4 aliphatic carbocycles. The first-order valence-corrected chi connectivity index (χ1v) is 7.76. The molecule has 0 saturated heterocycles. The first-order chi connectivity index (χ1) is 8.76. The van der Waals surface area contributed by atoms with Crippen LogP contribution in [0.2, 0.25) is 0 Å². The Labute approximate surface area is 120 Å². The number of carbonyl (C=O) groups excluding carboxylic acids is 1. The Bertz CT molecular complexity index is 393. The smallest absolute Gasteiger partial charge is 0.226 e. The molecule has 4 saturated carbocycles. The van der Waals surface area contributed by atoms with Gasteiger partial charge in [-0.15, -0.1) is 11.6 Å². The normalized spacial score (nSPS) is 44.4. The van der Waals surface area contributed by atoms with Crippen LogP contribution in [-0.4, -0.2) is 28.0 Å². The number of aliphatic hydroxyl groups is 1. The zero-order valence-corrected chi connectivity index (χ0v) is 12.6. The molecule has 0 aromatic carbocycles. The summed E-state index contributed by atoms with van der Waals surface area (Å²) in [7, 11) is 0. The Hall–Kier alpha value is -0.280. The molecule has 0 unspecified atom stereocenters. The molecule has 3 nitrogen and oxygen atoms in total. The van der Waals surface area contributed by atoms with E-state index in [9.17, 15) is 9.90 Å². The second-order valence-electron chi connectivity index (χ2n) is 7.89. The van der Waals surface area contributed by atoms with Gasteiger partial charge >= 0.3 is 0 Å². The van der Waals surface area contributed by atoms with Gasteiger partial charge in [0.2, 0.25) is 5.91 Å². The molecular weight excluding hydrogens is 262 g/mol. The minimum atomic E-state index is -0.542. The zero-order valence-electron chi connectivity index (χ0n) is 11.8. The van der Waals surface area contributed by atoms with Crippen molar-refractivity contribution in [3.05, 3.63) is 0 Å². The van der Waals surface area contributed by atoms with Gasteiger partial charge < -0.3 is 10.4 Å². The van der Waals surface area contributed by atoms with Gasteiger partial charge in [-0.3, -0.25) is 4.79 Å². The van der Waals surface area contributed by atoms with E-state index >= 15 is 0 Å². The number of nitrogens with one attached hydrogen (secondary N) is 1. The Morgan fingerprint density at radius 3 is 2.37 bits per heavy atom. The number of aliphatic hydroxyl groups excluding tert-OH is 1. The summed E-state index contributed by atoms with van der Waals surface area (Å²) < 4.78 is 0. The van der Waals surface area contributed by atoms with Crippen molar-refractivity contribution < 1.29 is 9.90 Å². The van der Waals surface area contributed by atoms with Crippen LogP contribution in [0.25, 0.3) is 0 Å². The number of alkyl halides is 1. The molecule has 2 N–H and O–H groups in total. The van der Waals surface area contributed by atoms with Crippen LogP contribution in [0.3, 0.4) is 0 Å². The first kappa shape index (κ1) is 13.7. The molecule has 0 aliphatic heterocycles. The van der Waals surface area contributed by atoms with Crippen LogP contribution in [0.1, 0.15) is 52.4 Å². The first-order valence-electron chi connectivity index (χ1n) is 7.38. The third kappa shape index (κ3) is 2.29. The molecule has 4 bridgehead atoms. The Morgan fingerprint density at radius 2 is 1.89 bits per heavy atom. The summed E-state index contributed by atoms with van der Waals surface area (Å²) in [4.78, 5) is 12.6. The van der Waals surface area contributed by atoms with E-state index in [1.165, 1.54) is 6.42 Å². The monoisotopic (exact) mass is 285 g/mol. The van der Waals surface area contributed by atoms with Gasteiger partial charge in [0.1, 0.15) is 0 Å². The predicted octanol–water partition coefficient (Wildman–Crippen LogP) is 2.45. The maximum Gasteiger partial charge on any atom is 0.226 e. The number of halogens is 1. The quantitative estimate of drug-likeness (QED) is 0.783. The molecule has 4 rings (SSSR count). The molecule has 2 atom stereocenters. The van der Waals surface area contributed by atoms with Crippen molar-refractivity contribution in [2.45, 2.75) is 62.8 Å². The summed E-state index contributed by atoms with van der Waals surface area (Å²) in [5, 5.41) is 12.4. The van der Waals surface area contributed by atoms with Crippen molar-refractivity contribution in [1.82, 2.24) is 5.32 Å². The van der Waals surface area contributed by atoms with Gasteiger partial charge in [-0.25, -0.2) is 0 Å². The lowest BCUT2D eigenvalue weighted by atomic mass is 9.49. The molecule has 1 amide bonds. The highest BCUT2D eigenvalue weighted by atomic mass is 35.5. The zero-order chi connectivity index (χ0) is 13.9. The molecular formula is C15H24ClNO2. The topological polar surface area (TPSA) is 49.3 Å². The van der Waals surface area contributed by atoms with Gasteiger partial charge in [-0.1, -0.05) is 0 Å². The lowest BCUT2D eigenvalue weighted by Gasteiger charge is -2.59. The van der Waals surface area contributed by atoms with Crippen molar-refractivity contribution in [3.8, 4) is 0 Å². The van der Waals surface area contributed by atoms with E-state index in [0.29, 0.717) is 11.8 Å². The van der Waals surface area contributed by atoms with Gasteiger partial charge in [-0.05, 0) is 64.2 Å². The number of hydrogen-bond acceptors (Lipinski definition) is 2. The summed E-state index contributed by atoms with van der Waals surface area (Å²) in [6, 6.07) is 0. The largest absolute Gasteiger partial charge is 0.394 e. The van der Waals surface area contributed by atoms with Crippen molar-refractivity contribution in [2.75, 3.05) is 6.61 Å². The molecule has 19 heavy (non-hydrogen) atoms. The number of rotatable bonds is 3. The summed E-state index contributed by atoms with van der Waals surface area (Å²) in [5.74, 6) is 1.37. The Kier molecular flexibility index (Phi) is 2.96. The standard InChI is InChI=1S/C15H24ClNO2/c1-13(2,9-18)17-12(19)14-4-10-3-11(5-14)7-15(16,6-10)8-14/h10-11,18H,3-9H2,1-2H3,(H,17,19)/t10-,11-,14?,15?/m1/s1. The van der Waals surface area contributed by atoms with E-state index in [1.807, 2.05) is 13.8 Å². The third-order valence-corrected chi connectivity index (χ3v) is 5.76. The lowest BCUT2D eigenvalue weighted by molar-refractivity contribution is -0.146. The molecule has 4 aliphatic rings. The number of hydrogen-bond donors (Lipinski definition) is 2. The third-order valence-electron chi connectivity index (χ3n) is 5.32. The second-order valence-corrected chi connectivity index (χ2v) is 8.69. The summed E-state index contributed by atoms with van der Waals surface area (Å²) in [5.41, 5.74) is -0.807. The Balaban J connectivity index is 1.82. The second kappa shape index (κ2) is 4.11. The van der Waals surface area contributed by atoms with Gasteiger partial charge in [-0.2, -0.15) is 0 Å². The molecule has 0 radical (unpaired) electrons. The minimum Gasteiger partial charge on any atom is -0.394 e. The number of carbonyl (C=O) groups is 1. The Morgan fingerprint density at radius 1 is 1.32 bits per heavy atom. The van der Waals surface area contributed by atoms with Gasteiger partial charge in [0.25, 0.3) is 0 Å². The highest BCUT2D eigenvalue weighted by Crippen LogP contribution is 2.63. The van der Waals surface area contributed by atoms with E-state index in [0.717, 1.165) is 32.1 Å². The summed E-state index contributed by atoms with van der Waals surface area (Å²) in [6.45, 7) is 3.69. The van der Waals surface area contributed by atoms with Crippen molar-refractivity contribution >= 4 is 17.5 Å². The molecule has 0 aromatic heterocycles. The SMILES string of the molecule is CC(C)(CO)NC(=O)C12C[C@H]3C[C@@H](CC(Cl)(C3)C1)C2. The van der Waals surface area contributed by atoms with E-state index in [2.05, 4.69) is 5.32 Å². The average molecular weight is 286 g/mol. The van der Waals surface area contributed by atoms with Crippen LogP contribution in [0.15, 0.2) is 0 Å². The highest BCUT2D eigenvalue weighted by molar-refractivity contribution is 6.24. The minimum absolute atomic E-state index is 0.0340. The van der Waals surface area contributed by atoms with Crippen LogP contribution in [0, 0.1) is 17.3 Å². The van der Waals surface area contributed by atoms with Crippen molar-refractivity contribution in [2.24, 2.45) is 17.3 Å². The van der Waals surface area contributed by atoms with Gasteiger partial charge in [0.15, 0.2) is 0 Å². The van der Waals surface area contributed by atoms with Crippen LogP contribution in [0.4, 0.5) is 0 Å². The molecule has 0 spiro atoms. The number of amides is 1. The summed E-state index contributed by atoms with van der Waals surface area (Å²) in [6.07, 6.45) is 6.23. The van der Waals surface area contributed by atoms with Crippen LogP contribution < -0.4 is 5.32 Å². The predicted molar refractivity (Wildman–Crippen MR) is 75.0 cm³/mol. The van der Waals surface area contributed by atoms with Crippen molar-refractivity contribution in [1.29, 1.82) is 0 Å². The fourth-order valence-electron chi connectivity index (χ4n) is 4.90. The van der Waals surface area contributed by atoms with Crippen LogP contribution >= 0.6 is 11.6 Å². The molecule has 0 heterocycles. The van der Waals surface area contributed by atoms with Crippen molar-refractivity contribution in [3.63, 3.8) is 0 Å². The molecule has 4 heteroatoms. The van der Waals surface area contributed by atoms with E-state index in [4.69, 9.17) is 11.6 Å². The van der Waals surface area contributed by atoms with Gasteiger partial charge in [0, 0.05) is 4.87 Å². The maximum absolute atomic E-state index is 12.7. The lowest BCUT2D eigenvalue weighted by Crippen LogP contribution is -2.61.